The number of nitrogens with one attached hydrogen (secondary N) is 2. The van der Waals surface area contributed by atoms with Crippen LogP contribution in [0.15, 0.2) is 48.5 Å². The van der Waals surface area contributed by atoms with Crippen LogP contribution in [0.1, 0.15) is 36.2 Å². The second-order valence-electron chi connectivity index (χ2n) is 6.62. The Bertz CT molecular complexity index is 760. The van der Waals surface area contributed by atoms with E-state index in [1.165, 1.54) is 24.3 Å². The quantitative estimate of drug-likeness (QED) is 0.712. The molecule has 4 N–H and O–H groups in total. The molecule has 2 rings (SSSR count). The minimum absolute atomic E-state index is 0.195. The molecule has 0 aliphatic carbocycles. The first-order valence-electron chi connectivity index (χ1n) is 8.54. The molecule has 0 aromatic heterocycles. The molecule has 0 fully saturated rings. The minimum atomic E-state index is -0.531. The standard InChI is InChI=1S/C20H24FN3O2/c1-13(2)10-18(22)20(26)23-12-14-4-3-5-17(11-14)24-19(25)15-6-8-16(21)9-7-15/h3-9,11,13,18H,10,12,22H2,1-2H3,(H,23,26)(H,24,25)/t18-/m0/s1. The van der Waals surface area contributed by atoms with E-state index in [1.54, 1.807) is 18.2 Å². The second-order valence-corrected chi connectivity index (χ2v) is 6.62. The molecule has 0 spiro atoms. The van der Waals surface area contributed by atoms with Crippen LogP contribution in [0, 0.1) is 11.7 Å². The summed E-state index contributed by atoms with van der Waals surface area (Å²) >= 11 is 0. The highest BCUT2D eigenvalue weighted by atomic mass is 19.1. The average molecular weight is 357 g/mol. The summed E-state index contributed by atoms with van der Waals surface area (Å²) in [6.07, 6.45) is 0.625. The molecule has 26 heavy (non-hydrogen) atoms. The maximum atomic E-state index is 12.9. The highest BCUT2D eigenvalue weighted by Crippen LogP contribution is 2.13. The number of rotatable bonds is 7. The lowest BCUT2D eigenvalue weighted by Gasteiger charge is -2.14. The van der Waals surface area contributed by atoms with Crippen molar-refractivity contribution in [2.45, 2.75) is 32.9 Å². The monoisotopic (exact) mass is 357 g/mol. The summed E-state index contributed by atoms with van der Waals surface area (Å²) in [6, 6.07) is 11.9. The van der Waals surface area contributed by atoms with Crippen LogP contribution in [-0.4, -0.2) is 17.9 Å². The summed E-state index contributed by atoms with van der Waals surface area (Å²) in [5, 5.41) is 5.56. The van der Waals surface area contributed by atoms with Crippen LogP contribution >= 0.6 is 0 Å². The van der Waals surface area contributed by atoms with E-state index < -0.39 is 11.9 Å². The fraction of sp³-hybridized carbons (Fsp3) is 0.300. The van der Waals surface area contributed by atoms with Crippen molar-refractivity contribution in [1.29, 1.82) is 0 Å². The van der Waals surface area contributed by atoms with Crippen molar-refractivity contribution in [2.75, 3.05) is 5.32 Å². The average Bonchev–Trinajstić information content (AvgIpc) is 2.60. The van der Waals surface area contributed by atoms with Gasteiger partial charge in [0.2, 0.25) is 5.91 Å². The lowest BCUT2D eigenvalue weighted by molar-refractivity contribution is -0.122. The molecule has 0 aliphatic heterocycles. The van der Waals surface area contributed by atoms with Crippen molar-refractivity contribution < 1.29 is 14.0 Å². The van der Waals surface area contributed by atoms with Gasteiger partial charge in [-0.2, -0.15) is 0 Å². The number of halogens is 1. The molecule has 0 bridgehead atoms. The van der Waals surface area contributed by atoms with Gasteiger partial charge in [0.25, 0.3) is 5.91 Å². The minimum Gasteiger partial charge on any atom is -0.351 e. The molecule has 2 amide bonds. The van der Waals surface area contributed by atoms with Crippen LogP contribution in [0.3, 0.4) is 0 Å². The topological polar surface area (TPSA) is 84.2 Å². The molecule has 0 aliphatic rings. The van der Waals surface area contributed by atoms with E-state index in [-0.39, 0.29) is 11.8 Å². The normalized spacial score (nSPS) is 11.9. The van der Waals surface area contributed by atoms with Gasteiger partial charge in [-0.25, -0.2) is 4.39 Å². The fourth-order valence-electron chi connectivity index (χ4n) is 2.50. The molecule has 0 saturated carbocycles. The first kappa shape index (κ1) is 19.6. The Balaban J connectivity index is 1.94. The maximum Gasteiger partial charge on any atom is 0.255 e. The maximum absolute atomic E-state index is 12.9. The van der Waals surface area contributed by atoms with Crippen LogP contribution in [0.2, 0.25) is 0 Å². The van der Waals surface area contributed by atoms with Crippen LogP contribution in [0.4, 0.5) is 10.1 Å². The van der Waals surface area contributed by atoms with E-state index in [9.17, 15) is 14.0 Å². The third-order valence-corrected chi connectivity index (χ3v) is 3.82. The van der Waals surface area contributed by atoms with Crippen molar-refractivity contribution in [1.82, 2.24) is 5.32 Å². The third-order valence-electron chi connectivity index (χ3n) is 3.82. The van der Waals surface area contributed by atoms with Gasteiger partial charge in [-0.05, 0) is 54.3 Å². The van der Waals surface area contributed by atoms with Gasteiger partial charge >= 0.3 is 0 Å². The Labute approximate surface area is 152 Å². The van der Waals surface area contributed by atoms with E-state index in [4.69, 9.17) is 5.73 Å². The first-order valence-corrected chi connectivity index (χ1v) is 8.54. The molecule has 0 radical (unpaired) electrons. The lowest BCUT2D eigenvalue weighted by atomic mass is 10.0. The molecule has 6 heteroatoms. The first-order chi connectivity index (χ1) is 12.3. The number of nitrogens with two attached hydrogens (primary N) is 1. The van der Waals surface area contributed by atoms with Crippen molar-refractivity contribution in [3.63, 3.8) is 0 Å². The molecule has 2 aromatic carbocycles. The van der Waals surface area contributed by atoms with Gasteiger partial charge in [0.05, 0.1) is 6.04 Å². The molecule has 0 heterocycles. The molecule has 5 nitrogen and oxygen atoms in total. The van der Waals surface area contributed by atoms with E-state index in [0.29, 0.717) is 30.1 Å². The Morgan fingerprint density at radius 3 is 2.46 bits per heavy atom. The smallest absolute Gasteiger partial charge is 0.255 e. The summed E-state index contributed by atoms with van der Waals surface area (Å²) in [6.45, 7) is 4.35. The Morgan fingerprint density at radius 1 is 1.12 bits per heavy atom. The zero-order valence-corrected chi connectivity index (χ0v) is 15.0. The summed E-state index contributed by atoms with van der Waals surface area (Å²) in [7, 11) is 0. The number of hydrogen-bond donors (Lipinski definition) is 3. The van der Waals surface area contributed by atoms with Gasteiger partial charge in [0, 0.05) is 17.8 Å². The molecule has 2 aromatic rings. The number of benzene rings is 2. The number of anilines is 1. The molecule has 1 atom stereocenters. The fourth-order valence-corrected chi connectivity index (χ4v) is 2.50. The zero-order valence-electron chi connectivity index (χ0n) is 15.0. The summed E-state index contributed by atoms with van der Waals surface area (Å²) in [5.41, 5.74) is 7.66. The molecule has 0 saturated heterocycles. The second kappa shape index (κ2) is 9.10. The van der Waals surface area contributed by atoms with Crippen molar-refractivity contribution in [2.24, 2.45) is 11.7 Å². The molecular weight excluding hydrogens is 333 g/mol. The van der Waals surface area contributed by atoms with Gasteiger partial charge in [0.15, 0.2) is 0 Å². The number of carbonyl (C=O) groups excluding carboxylic acids is 2. The Morgan fingerprint density at radius 2 is 1.81 bits per heavy atom. The highest BCUT2D eigenvalue weighted by Gasteiger charge is 2.14. The Hall–Kier alpha value is -2.73. The summed E-state index contributed by atoms with van der Waals surface area (Å²) < 4.78 is 12.9. The van der Waals surface area contributed by atoms with E-state index >= 15 is 0 Å². The number of carbonyl (C=O) groups is 2. The SMILES string of the molecule is CC(C)C[C@H](N)C(=O)NCc1cccc(NC(=O)c2ccc(F)cc2)c1. The van der Waals surface area contributed by atoms with Crippen molar-refractivity contribution in [3.05, 3.63) is 65.5 Å². The largest absolute Gasteiger partial charge is 0.351 e. The summed E-state index contributed by atoms with van der Waals surface area (Å²) in [4.78, 5) is 24.2. The van der Waals surface area contributed by atoms with Gasteiger partial charge in [-0.1, -0.05) is 26.0 Å². The van der Waals surface area contributed by atoms with E-state index in [1.807, 2.05) is 19.9 Å². The van der Waals surface area contributed by atoms with Crippen LogP contribution in [0.5, 0.6) is 0 Å². The lowest BCUT2D eigenvalue weighted by Crippen LogP contribution is -2.41. The van der Waals surface area contributed by atoms with E-state index in [2.05, 4.69) is 10.6 Å². The van der Waals surface area contributed by atoms with Crippen LogP contribution < -0.4 is 16.4 Å². The molecular formula is C20H24FN3O2. The van der Waals surface area contributed by atoms with Gasteiger partial charge in [-0.15, -0.1) is 0 Å². The van der Waals surface area contributed by atoms with Gasteiger partial charge in [0.1, 0.15) is 5.82 Å². The van der Waals surface area contributed by atoms with Crippen LogP contribution in [-0.2, 0) is 11.3 Å². The summed E-state index contributed by atoms with van der Waals surface area (Å²) in [5.74, 6) is -0.569. The van der Waals surface area contributed by atoms with Gasteiger partial charge in [-0.3, -0.25) is 9.59 Å². The van der Waals surface area contributed by atoms with Gasteiger partial charge < -0.3 is 16.4 Å². The number of amides is 2. The van der Waals surface area contributed by atoms with Crippen molar-refractivity contribution in [3.8, 4) is 0 Å². The van der Waals surface area contributed by atoms with Crippen molar-refractivity contribution >= 4 is 17.5 Å². The predicted molar refractivity (Wildman–Crippen MR) is 100 cm³/mol. The predicted octanol–water partition coefficient (Wildman–Crippen LogP) is 3.07. The van der Waals surface area contributed by atoms with Crippen LogP contribution in [0.25, 0.3) is 0 Å². The molecule has 138 valence electrons. The van der Waals surface area contributed by atoms with E-state index in [0.717, 1.165) is 5.56 Å². The highest BCUT2D eigenvalue weighted by molar-refractivity contribution is 6.04. The molecule has 0 unspecified atom stereocenters. The number of hydrogen-bond acceptors (Lipinski definition) is 3. The zero-order chi connectivity index (χ0) is 19.1. The Kier molecular flexibility index (Phi) is 6.86. The third kappa shape index (κ3) is 5.97.